The maximum absolute atomic E-state index is 12.3. The number of rotatable bonds is 3. The third-order valence-electron chi connectivity index (χ3n) is 1.96. The molecule has 0 aliphatic rings. The van der Waals surface area contributed by atoms with Crippen LogP contribution in [-0.2, 0) is 0 Å². The van der Waals surface area contributed by atoms with E-state index in [1.807, 2.05) is 20.8 Å². The van der Waals surface area contributed by atoms with Gasteiger partial charge in [0, 0.05) is 0 Å². The minimum absolute atomic E-state index is 0.299. The Bertz CT molecular complexity index is 330. The summed E-state index contributed by atoms with van der Waals surface area (Å²) in [6, 6.07) is 5.21. The van der Waals surface area contributed by atoms with Crippen molar-refractivity contribution < 1.29 is 13.5 Å². The Morgan fingerprint density at radius 3 is 2.00 bits per heavy atom. The normalized spacial score (nSPS) is 13.9. The van der Waals surface area contributed by atoms with Gasteiger partial charge in [-0.05, 0) is 38.5 Å². The van der Waals surface area contributed by atoms with Crippen LogP contribution in [0.15, 0.2) is 24.3 Å². The first kappa shape index (κ1) is 12.9. The third kappa shape index (κ3) is 3.77. The SMILES string of the molecule is CC(C)(C)Oc1ccc([C@H](N)C(F)F)cc1. The largest absolute Gasteiger partial charge is 0.488 e. The van der Waals surface area contributed by atoms with Gasteiger partial charge in [-0.2, -0.15) is 0 Å². The second-order valence-corrected chi connectivity index (χ2v) is 4.64. The highest BCUT2D eigenvalue weighted by atomic mass is 19.3. The van der Waals surface area contributed by atoms with Gasteiger partial charge in [-0.1, -0.05) is 12.1 Å². The number of ether oxygens (including phenoxy) is 1. The van der Waals surface area contributed by atoms with E-state index in [1.165, 1.54) is 0 Å². The zero-order chi connectivity index (χ0) is 12.3. The lowest BCUT2D eigenvalue weighted by atomic mass is 10.1. The standard InChI is InChI=1S/C12H17F2NO/c1-12(2,3)16-9-6-4-8(5-7-9)10(15)11(13)14/h4-7,10-11H,15H2,1-3H3/t10-/m0/s1. The topological polar surface area (TPSA) is 35.2 Å². The summed E-state index contributed by atoms with van der Waals surface area (Å²) >= 11 is 0. The number of hydrogen-bond acceptors (Lipinski definition) is 2. The summed E-state index contributed by atoms with van der Waals surface area (Å²) in [4.78, 5) is 0. The fraction of sp³-hybridized carbons (Fsp3) is 0.500. The van der Waals surface area contributed by atoms with Crippen molar-refractivity contribution in [2.45, 2.75) is 38.8 Å². The smallest absolute Gasteiger partial charge is 0.257 e. The van der Waals surface area contributed by atoms with E-state index in [4.69, 9.17) is 10.5 Å². The molecule has 2 N–H and O–H groups in total. The van der Waals surface area contributed by atoms with E-state index < -0.39 is 12.5 Å². The van der Waals surface area contributed by atoms with Gasteiger partial charge in [-0.25, -0.2) is 8.78 Å². The van der Waals surface area contributed by atoms with Gasteiger partial charge in [0.15, 0.2) is 0 Å². The lowest BCUT2D eigenvalue weighted by Gasteiger charge is -2.21. The Kier molecular flexibility index (Phi) is 3.86. The van der Waals surface area contributed by atoms with E-state index in [2.05, 4.69) is 0 Å². The monoisotopic (exact) mass is 229 g/mol. The van der Waals surface area contributed by atoms with Crippen molar-refractivity contribution in [2.24, 2.45) is 5.73 Å². The molecule has 1 rings (SSSR count). The molecule has 0 aromatic heterocycles. The van der Waals surface area contributed by atoms with Crippen LogP contribution < -0.4 is 10.5 Å². The van der Waals surface area contributed by atoms with Crippen molar-refractivity contribution in [2.75, 3.05) is 0 Å². The fourth-order valence-electron chi connectivity index (χ4n) is 1.26. The minimum atomic E-state index is -2.55. The van der Waals surface area contributed by atoms with Gasteiger partial charge in [0.1, 0.15) is 11.4 Å². The maximum atomic E-state index is 12.3. The molecule has 1 atom stereocenters. The Balaban J connectivity index is 2.76. The van der Waals surface area contributed by atoms with Gasteiger partial charge in [0.25, 0.3) is 6.43 Å². The number of alkyl halides is 2. The summed E-state index contributed by atoms with van der Waals surface area (Å²) in [5.74, 6) is 0.651. The van der Waals surface area contributed by atoms with Gasteiger partial charge in [-0.3, -0.25) is 0 Å². The molecule has 1 aromatic rings. The number of benzene rings is 1. The molecule has 90 valence electrons. The lowest BCUT2D eigenvalue weighted by molar-refractivity contribution is 0.116. The highest BCUT2D eigenvalue weighted by Gasteiger charge is 2.17. The van der Waals surface area contributed by atoms with Gasteiger partial charge < -0.3 is 10.5 Å². The van der Waals surface area contributed by atoms with E-state index in [9.17, 15) is 8.78 Å². The Morgan fingerprint density at radius 2 is 1.62 bits per heavy atom. The van der Waals surface area contributed by atoms with Gasteiger partial charge in [0.05, 0.1) is 6.04 Å². The molecule has 1 aromatic carbocycles. The van der Waals surface area contributed by atoms with Crippen molar-refractivity contribution in [1.29, 1.82) is 0 Å². The molecule has 0 saturated heterocycles. The van der Waals surface area contributed by atoms with Crippen LogP contribution in [-0.4, -0.2) is 12.0 Å². The Morgan fingerprint density at radius 1 is 1.12 bits per heavy atom. The molecule has 0 saturated carbocycles. The summed E-state index contributed by atoms with van der Waals surface area (Å²) in [6.45, 7) is 5.77. The molecule has 4 heteroatoms. The Labute approximate surface area is 94.4 Å². The summed E-state index contributed by atoms with van der Waals surface area (Å²) in [6.07, 6.45) is -2.55. The van der Waals surface area contributed by atoms with Crippen molar-refractivity contribution in [3.63, 3.8) is 0 Å². The quantitative estimate of drug-likeness (QED) is 0.864. The van der Waals surface area contributed by atoms with Crippen LogP contribution in [0, 0.1) is 0 Å². The molecule has 16 heavy (non-hydrogen) atoms. The average molecular weight is 229 g/mol. The van der Waals surface area contributed by atoms with Crippen molar-refractivity contribution in [1.82, 2.24) is 0 Å². The van der Waals surface area contributed by atoms with Crippen molar-refractivity contribution >= 4 is 0 Å². The zero-order valence-electron chi connectivity index (χ0n) is 9.71. The number of halogens is 2. The molecule has 0 radical (unpaired) electrons. The van der Waals surface area contributed by atoms with Gasteiger partial charge in [0.2, 0.25) is 0 Å². The van der Waals surface area contributed by atoms with E-state index in [1.54, 1.807) is 24.3 Å². The first-order chi connectivity index (χ1) is 7.29. The zero-order valence-corrected chi connectivity index (χ0v) is 9.71. The fourth-order valence-corrected chi connectivity index (χ4v) is 1.26. The van der Waals surface area contributed by atoms with Crippen LogP contribution in [0.5, 0.6) is 5.75 Å². The van der Waals surface area contributed by atoms with Crippen LogP contribution in [0.2, 0.25) is 0 Å². The van der Waals surface area contributed by atoms with Crippen LogP contribution in [0.1, 0.15) is 32.4 Å². The lowest BCUT2D eigenvalue weighted by Crippen LogP contribution is -2.23. The van der Waals surface area contributed by atoms with Crippen LogP contribution in [0.25, 0.3) is 0 Å². The summed E-state index contributed by atoms with van der Waals surface area (Å²) in [7, 11) is 0. The molecule has 0 aliphatic carbocycles. The highest BCUT2D eigenvalue weighted by molar-refractivity contribution is 5.29. The molecular formula is C12H17F2NO. The molecule has 0 fully saturated rings. The van der Waals surface area contributed by atoms with E-state index >= 15 is 0 Å². The number of nitrogens with two attached hydrogens (primary N) is 1. The van der Waals surface area contributed by atoms with E-state index in [0.717, 1.165) is 0 Å². The first-order valence-corrected chi connectivity index (χ1v) is 5.12. The Hall–Kier alpha value is -1.16. The molecule has 0 aliphatic heterocycles. The highest BCUT2D eigenvalue weighted by Crippen LogP contribution is 2.23. The van der Waals surface area contributed by atoms with Gasteiger partial charge in [-0.15, -0.1) is 0 Å². The molecule has 0 unspecified atom stereocenters. The van der Waals surface area contributed by atoms with Crippen LogP contribution in [0.4, 0.5) is 8.78 Å². The molecule has 0 amide bonds. The van der Waals surface area contributed by atoms with E-state index in [0.29, 0.717) is 11.3 Å². The molecular weight excluding hydrogens is 212 g/mol. The second-order valence-electron chi connectivity index (χ2n) is 4.64. The predicted octanol–water partition coefficient (Wildman–Crippen LogP) is 3.13. The van der Waals surface area contributed by atoms with Crippen LogP contribution >= 0.6 is 0 Å². The first-order valence-electron chi connectivity index (χ1n) is 5.12. The summed E-state index contributed by atoms with van der Waals surface area (Å²) in [5.41, 5.74) is 5.44. The summed E-state index contributed by atoms with van der Waals surface area (Å²) < 4.78 is 30.2. The predicted molar refractivity (Wildman–Crippen MR) is 59.8 cm³/mol. The van der Waals surface area contributed by atoms with Crippen molar-refractivity contribution in [3.05, 3.63) is 29.8 Å². The molecule has 2 nitrogen and oxygen atoms in total. The van der Waals surface area contributed by atoms with Crippen LogP contribution in [0.3, 0.4) is 0 Å². The molecule has 0 bridgehead atoms. The maximum Gasteiger partial charge on any atom is 0.257 e. The van der Waals surface area contributed by atoms with E-state index in [-0.39, 0.29) is 5.60 Å². The van der Waals surface area contributed by atoms with Crippen molar-refractivity contribution in [3.8, 4) is 5.75 Å². The molecule has 0 heterocycles. The number of hydrogen-bond donors (Lipinski definition) is 1. The minimum Gasteiger partial charge on any atom is -0.488 e. The average Bonchev–Trinajstić information content (AvgIpc) is 2.15. The third-order valence-corrected chi connectivity index (χ3v) is 1.96. The summed E-state index contributed by atoms with van der Waals surface area (Å²) in [5, 5.41) is 0. The second kappa shape index (κ2) is 4.78. The molecule has 0 spiro atoms. The van der Waals surface area contributed by atoms with Gasteiger partial charge >= 0.3 is 0 Å².